The van der Waals surface area contributed by atoms with Crippen LogP contribution in [0.25, 0.3) is 0 Å². The number of carbonyl (C=O) groups excluding carboxylic acids is 1. The van der Waals surface area contributed by atoms with Crippen LogP contribution in [0.3, 0.4) is 0 Å². The van der Waals surface area contributed by atoms with Gasteiger partial charge >= 0.3 is 11.9 Å². The first-order valence-electron chi connectivity index (χ1n) is 4.61. The van der Waals surface area contributed by atoms with Crippen molar-refractivity contribution in [2.24, 2.45) is 0 Å². The first-order valence-corrected chi connectivity index (χ1v) is 6.26. The van der Waals surface area contributed by atoms with Gasteiger partial charge in [-0.05, 0) is 12.1 Å². The summed E-state index contributed by atoms with van der Waals surface area (Å²) < 4.78 is 29.1. The van der Waals surface area contributed by atoms with Gasteiger partial charge in [-0.2, -0.15) is 0 Å². The number of esters is 1. The van der Waals surface area contributed by atoms with E-state index in [0.29, 0.717) is 0 Å². The molecule has 0 saturated carbocycles. The molecule has 0 bridgehead atoms. The Morgan fingerprint density at radius 3 is 2.72 bits per heavy atom. The van der Waals surface area contributed by atoms with Gasteiger partial charge in [-0.25, -0.2) is 18.2 Å². The molecular weight excluding hydrogens is 264 g/mol. The van der Waals surface area contributed by atoms with E-state index in [2.05, 4.69) is 9.72 Å². The third kappa shape index (κ3) is 3.70. The Morgan fingerprint density at radius 2 is 2.17 bits per heavy atom. The van der Waals surface area contributed by atoms with E-state index in [1.165, 1.54) is 18.3 Å². The number of aromatic nitrogens is 1. The fraction of sp³-hybridized carbons (Fsp3) is 0.222. The molecule has 0 fully saturated rings. The maximum atomic E-state index is 11.5. The number of carboxylic acids is 1. The topological polar surface area (TPSA) is 123 Å². The fourth-order valence-corrected chi connectivity index (χ4v) is 2.01. The predicted octanol–water partition coefficient (Wildman–Crippen LogP) is -0.306. The number of sulfonamides is 1. The lowest BCUT2D eigenvalue weighted by Gasteiger charge is -2.08. The maximum Gasteiger partial charge on any atom is 0.339 e. The first kappa shape index (κ1) is 13.9. The zero-order chi connectivity index (χ0) is 13.8. The summed E-state index contributed by atoms with van der Waals surface area (Å²) in [5, 5.41) is 8.82. The van der Waals surface area contributed by atoms with Gasteiger partial charge in [0.15, 0.2) is 11.6 Å². The number of nitrogens with zero attached hydrogens (tertiary/aromatic N) is 1. The molecule has 1 aromatic rings. The SMILES string of the molecule is COC(=O)CS(=O)(=O)Nc1ncccc1C(=O)O. The van der Waals surface area contributed by atoms with E-state index in [9.17, 15) is 18.0 Å². The Bertz CT molecular complexity index is 568. The quantitative estimate of drug-likeness (QED) is 0.706. The first-order chi connectivity index (χ1) is 8.35. The minimum absolute atomic E-state index is 0.314. The molecule has 1 heterocycles. The van der Waals surface area contributed by atoms with Crippen LogP contribution in [0.4, 0.5) is 5.82 Å². The highest BCUT2D eigenvalue weighted by Crippen LogP contribution is 2.13. The molecule has 2 N–H and O–H groups in total. The molecule has 1 aromatic heterocycles. The highest BCUT2D eigenvalue weighted by molar-refractivity contribution is 7.93. The number of hydrogen-bond acceptors (Lipinski definition) is 6. The lowest BCUT2D eigenvalue weighted by molar-refractivity contribution is -0.137. The number of carboxylic acid groups (broad SMARTS) is 1. The molecule has 98 valence electrons. The van der Waals surface area contributed by atoms with E-state index in [0.717, 1.165) is 7.11 Å². The summed E-state index contributed by atoms with van der Waals surface area (Å²) in [7, 11) is -3.01. The Labute approximate surface area is 103 Å². The van der Waals surface area contributed by atoms with Crippen molar-refractivity contribution in [3.05, 3.63) is 23.9 Å². The van der Waals surface area contributed by atoms with Gasteiger partial charge in [0.25, 0.3) is 0 Å². The molecular formula is C9H10N2O6S. The number of pyridine rings is 1. The summed E-state index contributed by atoms with van der Waals surface area (Å²) in [5.41, 5.74) is -0.314. The molecule has 0 aliphatic rings. The van der Waals surface area contributed by atoms with Crippen molar-refractivity contribution in [1.29, 1.82) is 0 Å². The summed E-state index contributed by atoms with van der Waals surface area (Å²) >= 11 is 0. The van der Waals surface area contributed by atoms with Crippen LogP contribution in [0.2, 0.25) is 0 Å². The van der Waals surface area contributed by atoms with Crippen molar-refractivity contribution in [3.63, 3.8) is 0 Å². The zero-order valence-corrected chi connectivity index (χ0v) is 10.1. The van der Waals surface area contributed by atoms with Crippen LogP contribution >= 0.6 is 0 Å². The van der Waals surface area contributed by atoms with Crippen molar-refractivity contribution >= 4 is 27.8 Å². The molecule has 1 rings (SSSR count). The lowest BCUT2D eigenvalue weighted by Crippen LogP contribution is -2.25. The molecule has 0 spiro atoms. The van der Waals surface area contributed by atoms with Gasteiger partial charge in [0.2, 0.25) is 10.0 Å². The van der Waals surface area contributed by atoms with Crippen molar-refractivity contribution in [2.75, 3.05) is 17.6 Å². The number of ether oxygens (including phenoxy) is 1. The molecule has 0 saturated heterocycles. The molecule has 0 radical (unpaired) electrons. The van der Waals surface area contributed by atoms with Crippen LogP contribution in [0.15, 0.2) is 18.3 Å². The van der Waals surface area contributed by atoms with E-state index < -0.39 is 27.7 Å². The second kappa shape index (κ2) is 5.45. The highest BCUT2D eigenvalue weighted by Gasteiger charge is 2.20. The predicted molar refractivity (Wildman–Crippen MR) is 60.6 cm³/mol. The summed E-state index contributed by atoms with van der Waals surface area (Å²) in [5.74, 6) is -3.57. The number of methoxy groups -OCH3 is 1. The minimum atomic E-state index is -4.05. The standard InChI is InChI=1S/C9H10N2O6S/c1-17-7(12)5-18(15,16)11-8-6(9(13)14)3-2-4-10-8/h2-4H,5H2,1H3,(H,10,11)(H,13,14). The normalized spacial score (nSPS) is 10.7. The van der Waals surface area contributed by atoms with E-state index in [4.69, 9.17) is 5.11 Å². The number of carbonyl (C=O) groups is 2. The van der Waals surface area contributed by atoms with Crippen LogP contribution in [0, 0.1) is 0 Å². The Morgan fingerprint density at radius 1 is 1.50 bits per heavy atom. The number of nitrogens with one attached hydrogen (secondary N) is 1. The van der Waals surface area contributed by atoms with Gasteiger partial charge in [-0.3, -0.25) is 9.52 Å². The smallest absolute Gasteiger partial charge is 0.339 e. The van der Waals surface area contributed by atoms with Gasteiger partial charge in [0.05, 0.1) is 7.11 Å². The van der Waals surface area contributed by atoms with Gasteiger partial charge in [0.1, 0.15) is 5.56 Å². The number of aromatic carboxylic acids is 1. The zero-order valence-electron chi connectivity index (χ0n) is 9.28. The Hall–Kier alpha value is -2.16. The van der Waals surface area contributed by atoms with Gasteiger partial charge < -0.3 is 9.84 Å². The molecule has 0 aliphatic carbocycles. The number of hydrogen-bond donors (Lipinski definition) is 2. The van der Waals surface area contributed by atoms with Crippen molar-refractivity contribution in [1.82, 2.24) is 4.98 Å². The van der Waals surface area contributed by atoms with Crippen LogP contribution in [0.5, 0.6) is 0 Å². The largest absolute Gasteiger partial charge is 0.478 e. The van der Waals surface area contributed by atoms with E-state index >= 15 is 0 Å². The maximum absolute atomic E-state index is 11.5. The lowest BCUT2D eigenvalue weighted by atomic mass is 10.3. The second-order valence-electron chi connectivity index (χ2n) is 3.14. The molecule has 0 unspecified atom stereocenters. The Balaban J connectivity index is 2.98. The van der Waals surface area contributed by atoms with E-state index in [1.807, 2.05) is 4.72 Å². The molecule has 18 heavy (non-hydrogen) atoms. The van der Waals surface area contributed by atoms with Crippen molar-refractivity contribution in [3.8, 4) is 0 Å². The van der Waals surface area contributed by atoms with Crippen molar-refractivity contribution in [2.45, 2.75) is 0 Å². The highest BCUT2D eigenvalue weighted by atomic mass is 32.2. The third-order valence-corrected chi connectivity index (χ3v) is 2.95. The van der Waals surface area contributed by atoms with Gasteiger partial charge in [-0.1, -0.05) is 0 Å². The summed E-state index contributed by atoms with van der Waals surface area (Å²) in [4.78, 5) is 25.3. The molecule has 0 aliphatic heterocycles. The van der Waals surface area contributed by atoms with Gasteiger partial charge in [-0.15, -0.1) is 0 Å². The van der Waals surface area contributed by atoms with Crippen LogP contribution in [0.1, 0.15) is 10.4 Å². The average Bonchev–Trinajstić information content (AvgIpc) is 2.28. The Kier molecular flexibility index (Phi) is 4.21. The molecule has 9 heteroatoms. The van der Waals surface area contributed by atoms with Crippen LogP contribution < -0.4 is 4.72 Å². The monoisotopic (exact) mass is 274 g/mol. The molecule has 8 nitrogen and oxygen atoms in total. The average molecular weight is 274 g/mol. The minimum Gasteiger partial charge on any atom is -0.478 e. The van der Waals surface area contributed by atoms with Crippen LogP contribution in [-0.2, 0) is 19.6 Å². The summed E-state index contributed by atoms with van der Waals surface area (Å²) in [6, 6.07) is 2.53. The number of anilines is 1. The molecule has 0 atom stereocenters. The van der Waals surface area contributed by atoms with E-state index in [1.54, 1.807) is 0 Å². The second-order valence-corrected chi connectivity index (χ2v) is 4.86. The fourth-order valence-electron chi connectivity index (χ4n) is 1.06. The third-order valence-electron chi connectivity index (χ3n) is 1.83. The van der Waals surface area contributed by atoms with Crippen LogP contribution in [-0.4, -0.2) is 43.3 Å². The van der Waals surface area contributed by atoms with E-state index in [-0.39, 0.29) is 11.4 Å². The number of rotatable bonds is 5. The summed E-state index contributed by atoms with van der Waals surface area (Å²) in [6.45, 7) is 0. The van der Waals surface area contributed by atoms with Gasteiger partial charge in [0, 0.05) is 6.20 Å². The molecule has 0 amide bonds. The molecule has 0 aromatic carbocycles. The summed E-state index contributed by atoms with van der Waals surface area (Å²) in [6.07, 6.45) is 1.22. The van der Waals surface area contributed by atoms with Crippen molar-refractivity contribution < 1.29 is 27.9 Å².